The van der Waals surface area contributed by atoms with Gasteiger partial charge in [0.15, 0.2) is 5.69 Å². The number of likely N-dealkylation sites (tertiary alicyclic amines) is 1. The lowest BCUT2D eigenvalue weighted by Gasteiger charge is -2.47. The Morgan fingerprint density at radius 3 is 2.54 bits per heavy atom. The Balaban J connectivity index is 1.19. The standard InChI is InChI=1S/C37H37F3N6O6/c1-50-28-18-26(44-43-20-28)12-14-35(51-2)15-13-29(30(19-35)24-6-4-3-5-7-24)33(47)45-17-16-36(49,37(39,40)22-45)21-46-23-42-32(31(41)34(46)48)52-27-10-8-25(38)9-11-27/h3-11,18,20,23,29-30,49H,13,15-17,19,21-22,41H2,1-2H3/t29-,30?,35-,36+/m1/s1. The van der Waals surface area contributed by atoms with Crippen LogP contribution in [0, 0.1) is 23.6 Å². The van der Waals surface area contributed by atoms with Gasteiger partial charge in [0.1, 0.15) is 40.5 Å². The highest BCUT2D eigenvalue weighted by Crippen LogP contribution is 2.46. The topological polar surface area (TPSA) is 155 Å². The van der Waals surface area contributed by atoms with Crippen molar-refractivity contribution in [2.45, 2.75) is 55.3 Å². The molecule has 1 saturated heterocycles. The number of carbonyl (C=O) groups excluding carboxylic acids is 1. The van der Waals surface area contributed by atoms with E-state index in [4.69, 9.17) is 19.9 Å². The Hall–Kier alpha value is -5.46. The number of amides is 1. The summed E-state index contributed by atoms with van der Waals surface area (Å²) < 4.78 is 62.6. The Bertz CT molecular complexity index is 2040. The fourth-order valence-corrected chi connectivity index (χ4v) is 6.75. The average molecular weight is 719 g/mol. The molecule has 0 radical (unpaired) electrons. The third-order valence-corrected chi connectivity index (χ3v) is 9.79. The molecule has 1 saturated carbocycles. The number of aliphatic hydroxyl groups is 1. The summed E-state index contributed by atoms with van der Waals surface area (Å²) in [6.45, 7) is -2.08. The number of nitrogens with two attached hydrogens (primary N) is 1. The summed E-state index contributed by atoms with van der Waals surface area (Å²) in [5.41, 5.74) is 2.09. The van der Waals surface area contributed by atoms with Crippen LogP contribution >= 0.6 is 0 Å². The molecular weight excluding hydrogens is 681 g/mol. The number of anilines is 1. The first-order valence-electron chi connectivity index (χ1n) is 16.5. The van der Waals surface area contributed by atoms with Gasteiger partial charge in [-0.2, -0.15) is 5.10 Å². The van der Waals surface area contributed by atoms with Gasteiger partial charge in [-0.05, 0) is 60.9 Å². The second-order valence-electron chi connectivity index (χ2n) is 13.0. The van der Waals surface area contributed by atoms with E-state index in [1.54, 1.807) is 13.2 Å². The number of ether oxygens (including phenoxy) is 3. The van der Waals surface area contributed by atoms with E-state index in [0.717, 1.165) is 33.5 Å². The predicted molar refractivity (Wildman–Crippen MR) is 182 cm³/mol. The van der Waals surface area contributed by atoms with Crippen molar-refractivity contribution in [2.24, 2.45) is 5.92 Å². The van der Waals surface area contributed by atoms with E-state index < -0.39 is 71.4 Å². The molecule has 1 amide bonds. The van der Waals surface area contributed by atoms with Crippen molar-refractivity contribution in [3.63, 3.8) is 0 Å². The highest BCUT2D eigenvalue weighted by atomic mass is 19.3. The number of alkyl halides is 2. The summed E-state index contributed by atoms with van der Waals surface area (Å²) in [6.07, 6.45) is 2.83. The summed E-state index contributed by atoms with van der Waals surface area (Å²) in [4.78, 5) is 32.2. The molecule has 1 unspecified atom stereocenters. The smallest absolute Gasteiger partial charge is 0.295 e. The monoisotopic (exact) mass is 718 g/mol. The second kappa shape index (κ2) is 14.6. The van der Waals surface area contributed by atoms with Gasteiger partial charge in [-0.3, -0.25) is 14.2 Å². The van der Waals surface area contributed by atoms with Gasteiger partial charge < -0.3 is 30.0 Å². The molecule has 2 aromatic carbocycles. The fraction of sp³-hybridized carbons (Fsp3) is 0.378. The van der Waals surface area contributed by atoms with Crippen LogP contribution in [0.1, 0.15) is 42.9 Å². The van der Waals surface area contributed by atoms with Crippen LogP contribution in [0.4, 0.5) is 18.9 Å². The molecular formula is C37H37F3N6O6. The van der Waals surface area contributed by atoms with Crippen LogP contribution < -0.4 is 20.8 Å². The summed E-state index contributed by atoms with van der Waals surface area (Å²) in [6, 6.07) is 15.8. The molecule has 52 heavy (non-hydrogen) atoms. The maximum Gasteiger partial charge on any atom is 0.295 e. The van der Waals surface area contributed by atoms with Crippen molar-refractivity contribution >= 4 is 11.6 Å². The van der Waals surface area contributed by atoms with Crippen LogP contribution in [0.15, 0.2) is 78.0 Å². The van der Waals surface area contributed by atoms with Crippen molar-refractivity contribution in [3.8, 4) is 29.2 Å². The maximum absolute atomic E-state index is 15.9. The minimum Gasteiger partial charge on any atom is -0.495 e. The summed E-state index contributed by atoms with van der Waals surface area (Å²) >= 11 is 0. The highest BCUT2D eigenvalue weighted by molar-refractivity contribution is 5.80. The first-order chi connectivity index (χ1) is 24.9. The number of benzene rings is 2. The van der Waals surface area contributed by atoms with Gasteiger partial charge in [0.05, 0.1) is 26.4 Å². The summed E-state index contributed by atoms with van der Waals surface area (Å²) in [5.74, 6) is 0.660. The first-order valence-corrected chi connectivity index (χ1v) is 16.5. The number of carbonyl (C=O) groups is 1. The van der Waals surface area contributed by atoms with Gasteiger partial charge in [-0.1, -0.05) is 36.3 Å². The zero-order valence-electron chi connectivity index (χ0n) is 28.5. The molecule has 6 rings (SSSR count). The molecule has 2 aromatic heterocycles. The molecule has 0 spiro atoms. The molecule has 272 valence electrons. The van der Waals surface area contributed by atoms with Crippen molar-refractivity contribution in [2.75, 3.05) is 33.0 Å². The first kappa shape index (κ1) is 36.3. The van der Waals surface area contributed by atoms with Crippen LogP contribution in [0.2, 0.25) is 0 Å². The highest BCUT2D eigenvalue weighted by Gasteiger charge is 2.58. The van der Waals surface area contributed by atoms with Gasteiger partial charge in [0.2, 0.25) is 11.8 Å². The van der Waals surface area contributed by atoms with Gasteiger partial charge in [0, 0.05) is 32.1 Å². The van der Waals surface area contributed by atoms with E-state index in [0.29, 0.717) is 30.7 Å². The largest absolute Gasteiger partial charge is 0.495 e. The number of piperidine rings is 1. The average Bonchev–Trinajstić information content (AvgIpc) is 3.16. The number of halogens is 3. The van der Waals surface area contributed by atoms with Crippen molar-refractivity contribution in [3.05, 3.63) is 101 Å². The maximum atomic E-state index is 15.9. The Labute approximate surface area is 297 Å². The van der Waals surface area contributed by atoms with Crippen LogP contribution in [-0.2, 0) is 16.1 Å². The van der Waals surface area contributed by atoms with Crippen molar-refractivity contribution < 1.29 is 37.3 Å². The molecule has 12 nitrogen and oxygen atoms in total. The SMILES string of the molecule is COc1cnnc(C#C[C@@]2(OC)CC[C@@H](C(=O)N3CC[C@](O)(Cn4cnc(Oc5ccc(F)cc5)c(N)c4=O)C(F)(F)C3)C(c3ccccc3)C2)c1. The van der Waals surface area contributed by atoms with Crippen molar-refractivity contribution in [1.29, 1.82) is 0 Å². The van der Waals surface area contributed by atoms with Crippen molar-refractivity contribution in [1.82, 2.24) is 24.6 Å². The lowest BCUT2D eigenvalue weighted by molar-refractivity contribution is -0.223. The van der Waals surface area contributed by atoms with Crippen LogP contribution in [0.3, 0.4) is 0 Å². The molecule has 3 N–H and O–H groups in total. The normalized spacial score (nSPS) is 24.0. The number of aromatic nitrogens is 4. The van der Waals surface area contributed by atoms with Gasteiger partial charge in [-0.25, -0.2) is 18.2 Å². The minimum absolute atomic E-state index is 0.149. The summed E-state index contributed by atoms with van der Waals surface area (Å²) in [5, 5.41) is 19.2. The lowest BCUT2D eigenvalue weighted by Crippen LogP contribution is -2.64. The Morgan fingerprint density at radius 2 is 1.85 bits per heavy atom. The number of methoxy groups -OCH3 is 2. The second-order valence-corrected chi connectivity index (χ2v) is 13.0. The zero-order chi connectivity index (χ0) is 37.1. The number of rotatable bonds is 8. The molecule has 4 aromatic rings. The Kier molecular flexibility index (Phi) is 10.2. The van der Waals surface area contributed by atoms with Crippen LogP contribution in [0.25, 0.3) is 0 Å². The fourth-order valence-electron chi connectivity index (χ4n) is 6.75. The minimum atomic E-state index is -3.81. The molecule has 2 aliphatic rings. The molecule has 1 aliphatic heterocycles. The summed E-state index contributed by atoms with van der Waals surface area (Å²) in [7, 11) is 3.05. The third-order valence-electron chi connectivity index (χ3n) is 9.79. The molecule has 0 bridgehead atoms. The van der Waals surface area contributed by atoms with E-state index in [1.165, 1.54) is 25.4 Å². The van der Waals surface area contributed by atoms with Gasteiger partial charge >= 0.3 is 0 Å². The van der Waals surface area contributed by atoms with E-state index >= 15 is 8.78 Å². The molecule has 2 fully saturated rings. The number of nitrogen functional groups attached to an aromatic ring is 1. The number of hydrogen-bond acceptors (Lipinski definition) is 10. The van der Waals surface area contributed by atoms with E-state index in [9.17, 15) is 19.1 Å². The molecule has 3 heterocycles. The molecule has 1 aliphatic carbocycles. The van der Waals surface area contributed by atoms with E-state index in [2.05, 4.69) is 27.0 Å². The van der Waals surface area contributed by atoms with Gasteiger partial charge in [0.25, 0.3) is 11.5 Å². The van der Waals surface area contributed by atoms with Gasteiger partial charge in [-0.15, -0.1) is 5.10 Å². The van der Waals surface area contributed by atoms with Crippen LogP contribution in [-0.4, -0.2) is 80.1 Å². The quantitative estimate of drug-likeness (QED) is 0.254. The Morgan fingerprint density at radius 1 is 1.10 bits per heavy atom. The number of hydrogen-bond donors (Lipinski definition) is 2. The third kappa shape index (κ3) is 7.44. The number of nitrogens with zero attached hydrogens (tertiary/aromatic N) is 5. The molecule has 4 atom stereocenters. The van der Waals surface area contributed by atoms with E-state index in [-0.39, 0.29) is 18.2 Å². The van der Waals surface area contributed by atoms with E-state index in [1.807, 2.05) is 30.3 Å². The molecule has 15 heteroatoms. The zero-order valence-corrected chi connectivity index (χ0v) is 28.5. The predicted octanol–water partition coefficient (Wildman–Crippen LogP) is 4.18. The lowest BCUT2D eigenvalue weighted by atomic mass is 9.68. The van der Waals surface area contributed by atoms with Crippen LogP contribution in [0.5, 0.6) is 17.4 Å².